The van der Waals surface area contributed by atoms with Gasteiger partial charge in [0.25, 0.3) is 5.91 Å². The van der Waals surface area contributed by atoms with Gasteiger partial charge in [-0.1, -0.05) is 30.5 Å². The van der Waals surface area contributed by atoms with Gasteiger partial charge in [-0.05, 0) is 76.2 Å². The van der Waals surface area contributed by atoms with Crippen LogP contribution in [0.25, 0.3) is 22.3 Å². The van der Waals surface area contributed by atoms with Crippen molar-refractivity contribution < 1.29 is 4.79 Å². The van der Waals surface area contributed by atoms with Gasteiger partial charge >= 0.3 is 0 Å². The highest BCUT2D eigenvalue weighted by atomic mass is 16.1. The Hall–Kier alpha value is -2.79. The highest BCUT2D eigenvalue weighted by molar-refractivity contribution is 6.07. The van der Waals surface area contributed by atoms with E-state index in [0.29, 0.717) is 12.1 Å². The number of aryl methyl sites for hydroxylation is 1. The summed E-state index contributed by atoms with van der Waals surface area (Å²) >= 11 is 0. The van der Waals surface area contributed by atoms with Crippen molar-refractivity contribution in [3.05, 3.63) is 59.8 Å². The van der Waals surface area contributed by atoms with Crippen molar-refractivity contribution in [3.63, 3.8) is 0 Å². The molecular formula is C25H30N4O. The second kappa shape index (κ2) is 9.81. The number of pyridine rings is 2. The zero-order valence-electron chi connectivity index (χ0n) is 17.7. The van der Waals surface area contributed by atoms with Crippen LogP contribution in [0.1, 0.15) is 48.0 Å². The van der Waals surface area contributed by atoms with Gasteiger partial charge in [-0.2, -0.15) is 0 Å². The van der Waals surface area contributed by atoms with E-state index in [-0.39, 0.29) is 5.91 Å². The number of carbonyl (C=O) groups is 1. The molecule has 0 bridgehead atoms. The van der Waals surface area contributed by atoms with Crippen LogP contribution < -0.4 is 5.32 Å². The van der Waals surface area contributed by atoms with E-state index in [0.717, 1.165) is 40.8 Å². The molecule has 1 aliphatic heterocycles. The third kappa shape index (κ3) is 5.03. The summed E-state index contributed by atoms with van der Waals surface area (Å²) in [5, 5.41) is 4.02. The van der Waals surface area contributed by atoms with Crippen molar-refractivity contribution in [2.24, 2.45) is 0 Å². The molecule has 2 aromatic heterocycles. The number of benzene rings is 1. The molecule has 1 amide bonds. The van der Waals surface area contributed by atoms with Gasteiger partial charge < -0.3 is 10.2 Å². The van der Waals surface area contributed by atoms with Gasteiger partial charge in [-0.25, -0.2) is 4.98 Å². The lowest BCUT2D eigenvalue weighted by Gasteiger charge is -2.19. The van der Waals surface area contributed by atoms with Crippen LogP contribution in [0.15, 0.2) is 48.7 Å². The molecule has 0 saturated carbocycles. The Balaban J connectivity index is 1.50. The van der Waals surface area contributed by atoms with Crippen LogP contribution in [0.2, 0.25) is 0 Å². The molecule has 30 heavy (non-hydrogen) atoms. The average Bonchev–Trinajstić information content (AvgIpc) is 3.05. The van der Waals surface area contributed by atoms with Gasteiger partial charge in [0, 0.05) is 18.1 Å². The van der Waals surface area contributed by atoms with E-state index >= 15 is 0 Å². The lowest BCUT2D eigenvalue weighted by molar-refractivity contribution is 0.0953. The largest absolute Gasteiger partial charge is 0.352 e. The first-order valence-corrected chi connectivity index (χ1v) is 11.0. The van der Waals surface area contributed by atoms with E-state index in [1.807, 2.05) is 49.4 Å². The Kier molecular flexibility index (Phi) is 6.70. The third-order valence-electron chi connectivity index (χ3n) is 5.77. The molecule has 1 fully saturated rings. The second-order valence-corrected chi connectivity index (χ2v) is 8.16. The SMILES string of the molecule is Cc1ccc2nc(-c3ccccn3)cc(C(=O)NCCCN3CCCCCC3)c2c1. The number of fused-ring (bicyclic) bond motifs is 1. The summed E-state index contributed by atoms with van der Waals surface area (Å²) in [5.41, 5.74) is 4.10. The highest BCUT2D eigenvalue weighted by Crippen LogP contribution is 2.24. The van der Waals surface area contributed by atoms with Gasteiger partial charge in [0.1, 0.15) is 0 Å². The van der Waals surface area contributed by atoms with E-state index in [4.69, 9.17) is 4.98 Å². The second-order valence-electron chi connectivity index (χ2n) is 8.16. The lowest BCUT2D eigenvalue weighted by atomic mass is 10.0. The maximum absolute atomic E-state index is 13.1. The van der Waals surface area contributed by atoms with Crippen LogP contribution >= 0.6 is 0 Å². The summed E-state index contributed by atoms with van der Waals surface area (Å²) in [4.78, 5) is 24.8. The van der Waals surface area contributed by atoms with Crippen molar-refractivity contribution in [2.45, 2.75) is 39.0 Å². The molecule has 0 spiro atoms. The van der Waals surface area contributed by atoms with Crippen LogP contribution in [0.4, 0.5) is 0 Å². The molecule has 0 unspecified atom stereocenters. The maximum Gasteiger partial charge on any atom is 0.252 e. The molecule has 1 N–H and O–H groups in total. The van der Waals surface area contributed by atoms with Gasteiger partial charge in [-0.3, -0.25) is 9.78 Å². The minimum atomic E-state index is -0.0407. The van der Waals surface area contributed by atoms with Crippen LogP contribution in [-0.2, 0) is 0 Å². The van der Waals surface area contributed by atoms with Crippen LogP contribution in [0, 0.1) is 6.92 Å². The van der Waals surface area contributed by atoms with Gasteiger partial charge in [0.05, 0.1) is 22.5 Å². The highest BCUT2D eigenvalue weighted by Gasteiger charge is 2.15. The van der Waals surface area contributed by atoms with Crippen LogP contribution in [-0.4, -0.2) is 47.0 Å². The number of hydrogen-bond acceptors (Lipinski definition) is 4. The van der Waals surface area contributed by atoms with E-state index in [2.05, 4.69) is 15.2 Å². The summed E-state index contributed by atoms with van der Waals surface area (Å²) in [5.74, 6) is -0.0407. The van der Waals surface area contributed by atoms with E-state index in [1.165, 1.54) is 38.8 Å². The fraction of sp³-hybridized carbons (Fsp3) is 0.400. The summed E-state index contributed by atoms with van der Waals surface area (Å²) < 4.78 is 0. The fourth-order valence-corrected chi connectivity index (χ4v) is 4.13. The quantitative estimate of drug-likeness (QED) is 0.612. The molecule has 4 rings (SSSR count). The van der Waals surface area contributed by atoms with Gasteiger partial charge in [-0.15, -0.1) is 0 Å². The van der Waals surface area contributed by atoms with E-state index in [9.17, 15) is 4.79 Å². The smallest absolute Gasteiger partial charge is 0.252 e. The fourth-order valence-electron chi connectivity index (χ4n) is 4.13. The van der Waals surface area contributed by atoms with Crippen molar-refractivity contribution in [1.82, 2.24) is 20.2 Å². The van der Waals surface area contributed by atoms with Crippen molar-refractivity contribution in [3.8, 4) is 11.4 Å². The number of likely N-dealkylation sites (tertiary alicyclic amines) is 1. The van der Waals surface area contributed by atoms with E-state index < -0.39 is 0 Å². The molecule has 1 aliphatic rings. The molecule has 156 valence electrons. The molecule has 0 aliphatic carbocycles. The zero-order valence-corrected chi connectivity index (χ0v) is 17.7. The Morgan fingerprint density at radius 2 is 1.87 bits per heavy atom. The molecule has 1 saturated heterocycles. The van der Waals surface area contributed by atoms with E-state index in [1.54, 1.807) is 6.20 Å². The maximum atomic E-state index is 13.1. The van der Waals surface area contributed by atoms with Gasteiger partial charge in [0.2, 0.25) is 0 Å². The number of nitrogens with one attached hydrogen (secondary N) is 1. The third-order valence-corrected chi connectivity index (χ3v) is 5.77. The van der Waals surface area contributed by atoms with Crippen LogP contribution in [0.5, 0.6) is 0 Å². The number of amides is 1. The summed E-state index contributed by atoms with van der Waals surface area (Å²) in [6, 6.07) is 13.7. The summed E-state index contributed by atoms with van der Waals surface area (Å²) in [6.07, 6.45) is 8.01. The van der Waals surface area contributed by atoms with Crippen LogP contribution in [0.3, 0.4) is 0 Å². The number of carbonyl (C=O) groups excluding carboxylic acids is 1. The predicted molar refractivity (Wildman–Crippen MR) is 122 cm³/mol. The Bertz CT molecular complexity index is 995. The Labute approximate surface area is 178 Å². The van der Waals surface area contributed by atoms with Crippen molar-refractivity contribution >= 4 is 16.8 Å². The summed E-state index contributed by atoms with van der Waals surface area (Å²) in [7, 11) is 0. The Morgan fingerprint density at radius 3 is 2.63 bits per heavy atom. The van der Waals surface area contributed by atoms with Crippen molar-refractivity contribution in [1.29, 1.82) is 0 Å². The minimum Gasteiger partial charge on any atom is -0.352 e. The minimum absolute atomic E-state index is 0.0407. The molecule has 3 aromatic rings. The standard InChI is InChI=1S/C25H30N4O/c1-19-10-11-22-20(17-19)21(18-24(28-22)23-9-4-5-12-26-23)25(30)27-13-8-16-29-14-6-2-3-7-15-29/h4-5,9-12,17-18H,2-3,6-8,13-16H2,1H3,(H,27,30). The molecule has 0 atom stereocenters. The molecule has 5 nitrogen and oxygen atoms in total. The molecule has 1 aromatic carbocycles. The lowest BCUT2D eigenvalue weighted by Crippen LogP contribution is -2.30. The number of nitrogens with zero attached hydrogens (tertiary/aromatic N) is 3. The zero-order chi connectivity index (χ0) is 20.8. The van der Waals surface area contributed by atoms with Crippen molar-refractivity contribution in [2.75, 3.05) is 26.2 Å². The Morgan fingerprint density at radius 1 is 1.03 bits per heavy atom. The topological polar surface area (TPSA) is 58.1 Å². The number of rotatable bonds is 6. The number of hydrogen-bond donors (Lipinski definition) is 1. The first-order chi connectivity index (χ1) is 14.7. The summed E-state index contributed by atoms with van der Waals surface area (Å²) in [6.45, 7) is 6.15. The molecule has 0 radical (unpaired) electrons. The molecule has 5 heteroatoms. The monoisotopic (exact) mass is 402 g/mol. The number of aromatic nitrogens is 2. The predicted octanol–water partition coefficient (Wildman–Crippen LogP) is 4.60. The first-order valence-electron chi connectivity index (χ1n) is 11.0. The van der Waals surface area contributed by atoms with Gasteiger partial charge in [0.15, 0.2) is 0 Å². The molecular weight excluding hydrogens is 372 g/mol. The molecule has 3 heterocycles. The first kappa shape index (κ1) is 20.5. The normalized spacial score (nSPS) is 15.1. The average molecular weight is 403 g/mol.